The highest BCUT2D eigenvalue weighted by Crippen LogP contribution is 2.33. The fourth-order valence-electron chi connectivity index (χ4n) is 4.59. The minimum atomic E-state index is -0.0429. The minimum Gasteiger partial charge on any atom is -0.497 e. The maximum atomic E-state index is 6.08. The summed E-state index contributed by atoms with van der Waals surface area (Å²) in [6.07, 6.45) is 0. The number of nitrogens with zero attached hydrogens (tertiary/aromatic N) is 2. The number of anilines is 2. The van der Waals surface area contributed by atoms with Crippen molar-refractivity contribution in [3.05, 3.63) is 125 Å². The van der Waals surface area contributed by atoms with Gasteiger partial charge in [-0.05, 0) is 41.5 Å². The van der Waals surface area contributed by atoms with E-state index in [0.717, 1.165) is 39.4 Å². The van der Waals surface area contributed by atoms with E-state index in [2.05, 4.69) is 29.6 Å². The summed E-state index contributed by atoms with van der Waals surface area (Å²) in [7, 11) is 1.66. The van der Waals surface area contributed by atoms with Gasteiger partial charge in [0, 0.05) is 0 Å². The predicted molar refractivity (Wildman–Crippen MR) is 146 cm³/mol. The lowest BCUT2D eigenvalue weighted by atomic mass is 10.1. The van der Waals surface area contributed by atoms with Gasteiger partial charge in [-0.25, -0.2) is 9.98 Å². The lowest BCUT2D eigenvalue weighted by molar-refractivity contribution is 0.319. The van der Waals surface area contributed by atoms with Crippen LogP contribution in [0.1, 0.15) is 34.3 Å². The van der Waals surface area contributed by atoms with E-state index < -0.39 is 0 Å². The number of rotatable bonds is 7. The van der Waals surface area contributed by atoms with Crippen LogP contribution in [0.25, 0.3) is 0 Å². The molecular weight excluding hydrogens is 462 g/mol. The molecule has 0 saturated heterocycles. The number of para-hydroxylation sites is 1. The van der Waals surface area contributed by atoms with Crippen LogP contribution in [0.15, 0.2) is 113 Å². The van der Waals surface area contributed by atoms with Gasteiger partial charge in [-0.1, -0.05) is 72.8 Å². The molecule has 0 amide bonds. The van der Waals surface area contributed by atoms with Crippen molar-refractivity contribution in [2.45, 2.75) is 12.1 Å². The van der Waals surface area contributed by atoms with Crippen molar-refractivity contribution in [3.8, 4) is 5.75 Å². The maximum absolute atomic E-state index is 6.08. The predicted octanol–water partition coefficient (Wildman–Crippen LogP) is 6.48. The smallest absolute Gasteiger partial charge is 0.219 e. The van der Waals surface area contributed by atoms with E-state index >= 15 is 0 Å². The molecule has 0 saturated carbocycles. The number of methoxy groups -OCH3 is 1. The van der Waals surface area contributed by atoms with E-state index in [4.69, 9.17) is 24.2 Å². The van der Waals surface area contributed by atoms with Crippen LogP contribution < -0.4 is 10.1 Å². The average molecular weight is 490 g/mol. The molecule has 4 aromatic rings. The summed E-state index contributed by atoms with van der Waals surface area (Å²) in [5, 5.41) is 3.58. The van der Waals surface area contributed by atoms with Crippen molar-refractivity contribution >= 4 is 23.2 Å². The third-order valence-corrected chi connectivity index (χ3v) is 6.55. The van der Waals surface area contributed by atoms with Crippen LogP contribution in [0.2, 0.25) is 0 Å². The molecule has 2 aliphatic rings. The average Bonchev–Trinajstić information content (AvgIpc) is 3.66. The molecule has 184 valence electrons. The molecule has 0 aromatic heterocycles. The number of hydrogen-bond donors (Lipinski definition) is 1. The Morgan fingerprint density at radius 2 is 1.19 bits per heavy atom. The Labute approximate surface area is 216 Å². The molecule has 2 heterocycles. The quantitative estimate of drug-likeness (QED) is 0.323. The summed E-state index contributed by atoms with van der Waals surface area (Å²) >= 11 is 0. The first-order valence-corrected chi connectivity index (χ1v) is 12.3. The summed E-state index contributed by atoms with van der Waals surface area (Å²) in [4.78, 5) is 9.79. The Balaban J connectivity index is 1.32. The van der Waals surface area contributed by atoms with Crippen LogP contribution in [0, 0.1) is 0 Å². The van der Waals surface area contributed by atoms with Gasteiger partial charge in [0.1, 0.15) is 31.0 Å². The van der Waals surface area contributed by atoms with E-state index in [1.165, 1.54) is 0 Å². The highest BCUT2D eigenvalue weighted by atomic mass is 16.5. The molecule has 6 rings (SSSR count). The van der Waals surface area contributed by atoms with Gasteiger partial charge in [0.05, 0.1) is 29.6 Å². The molecule has 2 atom stereocenters. The van der Waals surface area contributed by atoms with Crippen molar-refractivity contribution in [2.75, 3.05) is 25.6 Å². The van der Waals surface area contributed by atoms with Gasteiger partial charge in [0.2, 0.25) is 11.8 Å². The summed E-state index contributed by atoms with van der Waals surface area (Å²) in [6.45, 7) is 1.02. The number of nitrogens with one attached hydrogen (secondary N) is 1. The topological polar surface area (TPSA) is 64.4 Å². The molecule has 37 heavy (non-hydrogen) atoms. The first-order valence-electron chi connectivity index (χ1n) is 12.3. The van der Waals surface area contributed by atoms with Crippen molar-refractivity contribution in [3.63, 3.8) is 0 Å². The zero-order valence-corrected chi connectivity index (χ0v) is 20.5. The van der Waals surface area contributed by atoms with Crippen LogP contribution in [-0.2, 0) is 9.47 Å². The summed E-state index contributed by atoms with van der Waals surface area (Å²) in [5.41, 5.74) is 5.76. The van der Waals surface area contributed by atoms with E-state index in [1.54, 1.807) is 7.11 Å². The van der Waals surface area contributed by atoms with E-state index in [0.29, 0.717) is 25.0 Å². The van der Waals surface area contributed by atoms with Crippen LogP contribution >= 0.6 is 0 Å². The molecule has 0 bridgehead atoms. The van der Waals surface area contributed by atoms with Crippen LogP contribution in [-0.4, -0.2) is 32.1 Å². The van der Waals surface area contributed by atoms with E-state index in [9.17, 15) is 0 Å². The van der Waals surface area contributed by atoms with E-state index in [1.807, 2.05) is 78.9 Å². The molecule has 6 heteroatoms. The second-order valence-corrected chi connectivity index (χ2v) is 8.93. The molecule has 4 aromatic carbocycles. The maximum Gasteiger partial charge on any atom is 0.219 e. The molecule has 0 fully saturated rings. The van der Waals surface area contributed by atoms with Crippen LogP contribution in [0.4, 0.5) is 11.4 Å². The highest BCUT2D eigenvalue weighted by Gasteiger charge is 2.26. The van der Waals surface area contributed by atoms with E-state index in [-0.39, 0.29) is 12.1 Å². The normalized spacial score (nSPS) is 18.4. The SMILES string of the molecule is COc1ccc(Nc2ccccc2C2=N[C@H](c3ccccc3)CO2)c(C2=N[C@H](c3ccccc3)CO2)c1. The minimum absolute atomic E-state index is 0.0167. The Hall–Kier alpha value is -4.58. The third kappa shape index (κ3) is 4.78. The van der Waals surface area contributed by atoms with Gasteiger partial charge in [-0.3, -0.25) is 0 Å². The zero-order chi connectivity index (χ0) is 25.0. The number of aliphatic imine (C=N–C) groups is 2. The molecule has 0 unspecified atom stereocenters. The Bertz CT molecular complexity index is 1450. The van der Waals surface area contributed by atoms with Gasteiger partial charge >= 0.3 is 0 Å². The van der Waals surface area contributed by atoms with Gasteiger partial charge in [0.25, 0.3) is 0 Å². The summed E-state index contributed by atoms with van der Waals surface area (Å²) in [5.74, 6) is 1.95. The Morgan fingerprint density at radius 3 is 1.81 bits per heavy atom. The standard InChI is InChI=1S/C31H27N3O3/c1-35-23-16-17-27(25(18-23)31-34-29(20-37-31)22-12-6-3-7-13-22)32-26-15-9-8-14-24(26)30-33-28(19-36-30)21-10-4-2-5-11-21/h2-18,28-29,32H,19-20H2,1H3/t28-,29-/m0/s1. The van der Waals surface area contributed by atoms with Crippen LogP contribution in [0.5, 0.6) is 5.75 Å². The zero-order valence-electron chi connectivity index (χ0n) is 20.5. The second-order valence-electron chi connectivity index (χ2n) is 8.93. The molecular formula is C31H27N3O3. The second kappa shape index (κ2) is 10.2. The van der Waals surface area contributed by atoms with Crippen LogP contribution in [0.3, 0.4) is 0 Å². The van der Waals surface area contributed by atoms with Crippen molar-refractivity contribution in [1.29, 1.82) is 0 Å². The fourth-order valence-corrected chi connectivity index (χ4v) is 4.59. The molecule has 1 N–H and O–H groups in total. The number of hydrogen-bond acceptors (Lipinski definition) is 6. The molecule has 0 aliphatic carbocycles. The summed E-state index contributed by atoms with van der Waals surface area (Å²) in [6, 6.07) is 34.3. The monoisotopic (exact) mass is 489 g/mol. The van der Waals surface area contributed by atoms with Gasteiger partial charge < -0.3 is 19.5 Å². The molecule has 2 aliphatic heterocycles. The van der Waals surface area contributed by atoms with Crippen molar-refractivity contribution in [1.82, 2.24) is 0 Å². The van der Waals surface area contributed by atoms with Gasteiger partial charge in [0.15, 0.2) is 0 Å². The first kappa shape index (κ1) is 22.9. The molecule has 6 nitrogen and oxygen atoms in total. The van der Waals surface area contributed by atoms with Gasteiger partial charge in [-0.2, -0.15) is 0 Å². The third-order valence-electron chi connectivity index (χ3n) is 6.55. The Kier molecular flexibility index (Phi) is 6.29. The van der Waals surface area contributed by atoms with Gasteiger partial charge in [-0.15, -0.1) is 0 Å². The highest BCUT2D eigenvalue weighted by molar-refractivity contribution is 6.04. The molecule has 0 radical (unpaired) electrons. The molecule has 0 spiro atoms. The Morgan fingerprint density at radius 1 is 0.649 bits per heavy atom. The largest absolute Gasteiger partial charge is 0.497 e. The number of ether oxygens (including phenoxy) is 3. The van der Waals surface area contributed by atoms with Crippen molar-refractivity contribution < 1.29 is 14.2 Å². The lowest BCUT2D eigenvalue weighted by Crippen LogP contribution is -2.09. The summed E-state index contributed by atoms with van der Waals surface area (Å²) < 4.78 is 17.7. The fraction of sp³-hybridized carbons (Fsp3) is 0.161. The lowest BCUT2D eigenvalue weighted by Gasteiger charge is -2.16. The number of benzene rings is 4. The van der Waals surface area contributed by atoms with Crippen molar-refractivity contribution in [2.24, 2.45) is 9.98 Å². The first-order chi connectivity index (χ1) is 18.3.